The summed E-state index contributed by atoms with van der Waals surface area (Å²) in [6, 6.07) is 9.27. The number of Topliss-reactive ketones (excluding diaryl/α,β-unsaturated/α-hetero) is 1. The van der Waals surface area contributed by atoms with Gasteiger partial charge in [0.2, 0.25) is 0 Å². The van der Waals surface area contributed by atoms with Crippen LogP contribution in [0.25, 0.3) is 0 Å². The molecule has 1 aromatic heterocycles. The number of rotatable bonds is 3. The van der Waals surface area contributed by atoms with Crippen LogP contribution in [0.4, 0.5) is 5.69 Å². The summed E-state index contributed by atoms with van der Waals surface area (Å²) in [5, 5.41) is 0. The Labute approximate surface area is 108 Å². The van der Waals surface area contributed by atoms with Crippen LogP contribution in [-0.4, -0.2) is 10.8 Å². The maximum absolute atomic E-state index is 12.0. The molecule has 0 amide bonds. The van der Waals surface area contributed by atoms with Crippen LogP contribution in [0.5, 0.6) is 0 Å². The molecule has 2 aromatic rings. The lowest BCUT2D eigenvalue weighted by molar-refractivity contribution is 0.0993. The largest absolute Gasteiger partial charge is 0.398 e. The van der Waals surface area contributed by atoms with E-state index in [-0.39, 0.29) is 5.78 Å². The molecule has 4 heteroatoms. The molecule has 3 nitrogen and oxygen atoms in total. The van der Waals surface area contributed by atoms with Gasteiger partial charge in [-0.1, -0.05) is 34.1 Å². The standard InChI is InChI=1S/C13H11BrN2O/c14-11-4-2-1-3-9(11)7-13(17)10-8-16-6-5-12(10)15/h1-6,8H,7H2,(H2,15,16). The molecule has 0 aliphatic rings. The number of carbonyl (C=O) groups excluding carboxylic acids is 1. The topological polar surface area (TPSA) is 56.0 Å². The number of carbonyl (C=O) groups is 1. The number of nitrogens with zero attached hydrogens (tertiary/aromatic N) is 1. The molecular weight excluding hydrogens is 280 g/mol. The van der Waals surface area contributed by atoms with E-state index in [1.54, 1.807) is 12.3 Å². The van der Waals surface area contributed by atoms with Crippen molar-refractivity contribution in [3.05, 3.63) is 58.3 Å². The van der Waals surface area contributed by atoms with Gasteiger partial charge in [-0.3, -0.25) is 9.78 Å². The number of pyridine rings is 1. The van der Waals surface area contributed by atoms with Gasteiger partial charge in [0.05, 0.1) is 5.56 Å². The molecule has 0 saturated heterocycles. The number of hydrogen-bond acceptors (Lipinski definition) is 3. The predicted octanol–water partition coefficient (Wildman–Crippen LogP) is 2.85. The molecule has 0 unspecified atom stereocenters. The van der Waals surface area contributed by atoms with Crippen molar-refractivity contribution < 1.29 is 4.79 Å². The zero-order valence-electron chi connectivity index (χ0n) is 9.06. The van der Waals surface area contributed by atoms with Crippen LogP contribution in [0.3, 0.4) is 0 Å². The molecule has 0 fully saturated rings. The zero-order valence-corrected chi connectivity index (χ0v) is 10.6. The summed E-state index contributed by atoms with van der Waals surface area (Å²) in [6.07, 6.45) is 3.40. The highest BCUT2D eigenvalue weighted by molar-refractivity contribution is 9.10. The van der Waals surface area contributed by atoms with Gasteiger partial charge in [0.1, 0.15) is 0 Å². The first-order valence-electron chi connectivity index (χ1n) is 5.14. The van der Waals surface area contributed by atoms with Crippen LogP contribution in [0.2, 0.25) is 0 Å². The highest BCUT2D eigenvalue weighted by Gasteiger charge is 2.11. The Hall–Kier alpha value is -1.68. The van der Waals surface area contributed by atoms with Gasteiger partial charge < -0.3 is 5.73 Å². The molecule has 0 saturated carbocycles. The lowest BCUT2D eigenvalue weighted by Crippen LogP contribution is -2.07. The average Bonchev–Trinajstić information content (AvgIpc) is 2.32. The highest BCUT2D eigenvalue weighted by Crippen LogP contribution is 2.19. The third-order valence-corrected chi connectivity index (χ3v) is 3.24. The summed E-state index contributed by atoms with van der Waals surface area (Å²) >= 11 is 3.42. The quantitative estimate of drug-likeness (QED) is 0.885. The highest BCUT2D eigenvalue weighted by atomic mass is 79.9. The normalized spacial score (nSPS) is 10.2. The molecule has 0 spiro atoms. The summed E-state index contributed by atoms with van der Waals surface area (Å²) in [7, 11) is 0. The summed E-state index contributed by atoms with van der Waals surface area (Å²) in [5.74, 6) is -0.0255. The number of anilines is 1. The van der Waals surface area contributed by atoms with Gasteiger partial charge in [-0.05, 0) is 17.7 Å². The number of nitrogens with two attached hydrogens (primary N) is 1. The number of aromatic nitrogens is 1. The lowest BCUT2D eigenvalue weighted by atomic mass is 10.0. The van der Waals surface area contributed by atoms with Crippen molar-refractivity contribution in [2.45, 2.75) is 6.42 Å². The Bertz CT molecular complexity index is 555. The van der Waals surface area contributed by atoms with Gasteiger partial charge >= 0.3 is 0 Å². The van der Waals surface area contributed by atoms with Crippen LogP contribution in [0.1, 0.15) is 15.9 Å². The van der Waals surface area contributed by atoms with Gasteiger partial charge in [-0.15, -0.1) is 0 Å². The fourth-order valence-corrected chi connectivity index (χ4v) is 1.97. The van der Waals surface area contributed by atoms with Crippen LogP contribution < -0.4 is 5.73 Å². The first-order chi connectivity index (χ1) is 8.18. The van der Waals surface area contributed by atoms with Crippen molar-refractivity contribution in [2.24, 2.45) is 0 Å². The van der Waals surface area contributed by atoms with E-state index in [1.807, 2.05) is 24.3 Å². The summed E-state index contributed by atoms with van der Waals surface area (Å²) in [4.78, 5) is 16.0. The molecule has 0 atom stereocenters. The Kier molecular flexibility index (Phi) is 3.54. The number of ketones is 1. The second-order valence-corrected chi connectivity index (χ2v) is 4.51. The van der Waals surface area contributed by atoms with Crippen molar-refractivity contribution >= 4 is 27.4 Å². The van der Waals surface area contributed by atoms with Gasteiger partial charge in [0.15, 0.2) is 5.78 Å². The maximum Gasteiger partial charge on any atom is 0.170 e. The van der Waals surface area contributed by atoms with Gasteiger partial charge in [0.25, 0.3) is 0 Å². The van der Waals surface area contributed by atoms with Gasteiger partial charge in [-0.2, -0.15) is 0 Å². The number of halogens is 1. The smallest absolute Gasteiger partial charge is 0.170 e. The third-order valence-electron chi connectivity index (χ3n) is 2.46. The van der Waals surface area contributed by atoms with E-state index in [2.05, 4.69) is 20.9 Å². The Morgan fingerprint density at radius 2 is 2.06 bits per heavy atom. The molecular formula is C13H11BrN2O. The summed E-state index contributed by atoms with van der Waals surface area (Å²) in [5.41, 5.74) is 7.63. The van der Waals surface area contributed by atoms with Crippen LogP contribution in [-0.2, 0) is 6.42 Å². The Morgan fingerprint density at radius 1 is 1.29 bits per heavy atom. The molecule has 0 aliphatic carbocycles. The minimum absolute atomic E-state index is 0.0255. The zero-order chi connectivity index (χ0) is 12.3. The molecule has 2 rings (SSSR count). The van der Waals surface area contributed by atoms with Crippen molar-refractivity contribution in [3.8, 4) is 0 Å². The Morgan fingerprint density at radius 3 is 2.76 bits per heavy atom. The van der Waals surface area contributed by atoms with E-state index in [4.69, 9.17) is 5.73 Å². The first-order valence-corrected chi connectivity index (χ1v) is 5.94. The van der Waals surface area contributed by atoms with E-state index < -0.39 is 0 Å². The summed E-state index contributed by atoms with van der Waals surface area (Å²) < 4.78 is 0.927. The van der Waals surface area contributed by atoms with E-state index in [0.717, 1.165) is 10.0 Å². The van der Waals surface area contributed by atoms with Crippen molar-refractivity contribution in [3.63, 3.8) is 0 Å². The second kappa shape index (κ2) is 5.10. The molecule has 0 bridgehead atoms. The van der Waals surface area contributed by atoms with E-state index in [9.17, 15) is 4.79 Å². The minimum atomic E-state index is -0.0255. The van der Waals surface area contributed by atoms with Crippen molar-refractivity contribution in [1.29, 1.82) is 0 Å². The first kappa shape index (κ1) is 11.8. The van der Waals surface area contributed by atoms with Crippen molar-refractivity contribution in [2.75, 3.05) is 5.73 Å². The third kappa shape index (κ3) is 2.71. The summed E-state index contributed by atoms with van der Waals surface area (Å²) in [6.45, 7) is 0. The number of benzene rings is 1. The molecule has 2 N–H and O–H groups in total. The van der Waals surface area contributed by atoms with E-state index >= 15 is 0 Å². The molecule has 86 valence electrons. The lowest BCUT2D eigenvalue weighted by Gasteiger charge is -2.05. The van der Waals surface area contributed by atoms with Gasteiger partial charge in [-0.25, -0.2) is 0 Å². The number of nitrogen functional groups attached to an aromatic ring is 1. The monoisotopic (exact) mass is 290 g/mol. The number of hydrogen-bond donors (Lipinski definition) is 1. The molecule has 17 heavy (non-hydrogen) atoms. The molecule has 1 aromatic carbocycles. The maximum atomic E-state index is 12.0. The molecule has 0 radical (unpaired) electrons. The van der Waals surface area contributed by atoms with Crippen molar-refractivity contribution in [1.82, 2.24) is 4.98 Å². The fraction of sp³-hybridized carbons (Fsp3) is 0.0769. The predicted molar refractivity (Wildman–Crippen MR) is 70.8 cm³/mol. The van der Waals surface area contributed by atoms with Crippen LogP contribution in [0.15, 0.2) is 47.2 Å². The SMILES string of the molecule is Nc1ccncc1C(=O)Cc1ccccc1Br. The Balaban J connectivity index is 2.24. The molecule has 1 heterocycles. The van der Waals surface area contributed by atoms with E-state index in [1.165, 1.54) is 6.20 Å². The average molecular weight is 291 g/mol. The second-order valence-electron chi connectivity index (χ2n) is 3.65. The van der Waals surface area contributed by atoms with Crippen LogP contribution >= 0.6 is 15.9 Å². The molecule has 0 aliphatic heterocycles. The van der Waals surface area contributed by atoms with E-state index in [0.29, 0.717) is 17.7 Å². The van der Waals surface area contributed by atoms with Crippen LogP contribution in [0, 0.1) is 0 Å². The fourth-order valence-electron chi connectivity index (χ4n) is 1.55. The minimum Gasteiger partial charge on any atom is -0.398 e. The van der Waals surface area contributed by atoms with Gasteiger partial charge in [0, 0.05) is 29.0 Å².